The minimum atomic E-state index is -3.32. The average molecular weight is 507 g/mol. The Balaban J connectivity index is 1.85. The lowest BCUT2D eigenvalue weighted by Crippen LogP contribution is -2.18. The molecule has 9 nitrogen and oxygen atoms in total. The standard InChI is InChI=1S/C23H26N2O7S2/c1-15(12-29-2)31-19-9-16(22(26)25-23-24-17(13-30-3)14-33-23)10-20(11-19)32-18-5-7-21(8-6-18)34(4,27)28/h5-11,14-15H,12-13H2,1-4H3,(H,24,25,26)/t15-/m0/s1. The first-order valence-corrected chi connectivity index (χ1v) is 13.0. The average Bonchev–Trinajstić information content (AvgIpc) is 3.20. The van der Waals surface area contributed by atoms with Gasteiger partial charge in [-0.25, -0.2) is 13.4 Å². The predicted molar refractivity (Wildman–Crippen MR) is 129 cm³/mol. The van der Waals surface area contributed by atoms with Crippen molar-refractivity contribution in [2.45, 2.75) is 24.5 Å². The van der Waals surface area contributed by atoms with Gasteiger partial charge in [0, 0.05) is 37.5 Å². The molecule has 11 heteroatoms. The van der Waals surface area contributed by atoms with E-state index in [1.165, 1.54) is 23.5 Å². The van der Waals surface area contributed by atoms with Crippen LogP contribution in [0.1, 0.15) is 23.0 Å². The number of hydrogen-bond donors (Lipinski definition) is 1. The number of nitrogens with one attached hydrogen (secondary N) is 1. The van der Waals surface area contributed by atoms with E-state index in [0.717, 1.165) is 11.9 Å². The molecule has 182 valence electrons. The van der Waals surface area contributed by atoms with Gasteiger partial charge in [-0.3, -0.25) is 10.1 Å². The number of benzene rings is 2. The molecule has 0 fully saturated rings. The summed E-state index contributed by atoms with van der Waals surface area (Å²) in [6, 6.07) is 10.8. The van der Waals surface area contributed by atoms with Crippen molar-refractivity contribution in [1.29, 1.82) is 0 Å². The molecule has 0 saturated heterocycles. The molecule has 2 aromatic carbocycles. The van der Waals surface area contributed by atoms with E-state index in [9.17, 15) is 13.2 Å². The molecule has 0 aliphatic carbocycles. The molecule has 1 N–H and O–H groups in total. The highest BCUT2D eigenvalue weighted by molar-refractivity contribution is 7.90. The van der Waals surface area contributed by atoms with Gasteiger partial charge in [0.25, 0.3) is 5.91 Å². The topological polar surface area (TPSA) is 113 Å². The number of nitrogens with zero attached hydrogens (tertiary/aromatic N) is 1. The second-order valence-corrected chi connectivity index (χ2v) is 10.3. The number of carbonyl (C=O) groups is 1. The Morgan fingerprint density at radius 1 is 1.06 bits per heavy atom. The summed E-state index contributed by atoms with van der Waals surface area (Å²) >= 11 is 1.29. The molecule has 0 aliphatic rings. The fraction of sp³-hybridized carbons (Fsp3) is 0.304. The summed E-state index contributed by atoms with van der Waals surface area (Å²) in [5, 5.41) is 5.01. The predicted octanol–water partition coefficient (Wildman–Crippen LogP) is 4.15. The molecule has 3 rings (SSSR count). The van der Waals surface area contributed by atoms with E-state index in [2.05, 4.69) is 10.3 Å². The summed E-state index contributed by atoms with van der Waals surface area (Å²) in [5.74, 6) is 0.781. The van der Waals surface area contributed by atoms with Crippen molar-refractivity contribution in [3.05, 3.63) is 59.1 Å². The fourth-order valence-corrected chi connectivity index (χ4v) is 4.29. The van der Waals surface area contributed by atoms with Crippen LogP contribution < -0.4 is 14.8 Å². The van der Waals surface area contributed by atoms with Crippen LogP contribution in [0.4, 0.5) is 5.13 Å². The molecule has 0 radical (unpaired) electrons. The van der Waals surface area contributed by atoms with Crippen molar-refractivity contribution in [3.8, 4) is 17.2 Å². The summed E-state index contributed by atoms with van der Waals surface area (Å²) in [6.07, 6.45) is 0.872. The lowest BCUT2D eigenvalue weighted by atomic mass is 10.2. The first kappa shape index (κ1) is 25.6. The van der Waals surface area contributed by atoms with Gasteiger partial charge in [-0.15, -0.1) is 11.3 Å². The highest BCUT2D eigenvalue weighted by Gasteiger charge is 2.15. The Hall–Kier alpha value is -2.99. The number of amides is 1. The first-order valence-electron chi connectivity index (χ1n) is 10.2. The molecular weight excluding hydrogens is 480 g/mol. The molecule has 1 atom stereocenters. The van der Waals surface area contributed by atoms with Crippen LogP contribution in [0.3, 0.4) is 0 Å². The maximum Gasteiger partial charge on any atom is 0.257 e. The molecule has 0 bridgehead atoms. The van der Waals surface area contributed by atoms with E-state index in [1.807, 2.05) is 6.92 Å². The van der Waals surface area contributed by atoms with Crippen molar-refractivity contribution >= 4 is 32.2 Å². The van der Waals surface area contributed by atoms with E-state index < -0.39 is 9.84 Å². The second-order valence-electron chi connectivity index (χ2n) is 7.45. The minimum Gasteiger partial charge on any atom is -0.488 e. The third-order valence-electron chi connectivity index (χ3n) is 4.43. The Morgan fingerprint density at radius 3 is 2.41 bits per heavy atom. The van der Waals surface area contributed by atoms with E-state index in [4.69, 9.17) is 18.9 Å². The van der Waals surface area contributed by atoms with Crippen molar-refractivity contribution in [1.82, 2.24) is 4.98 Å². The van der Waals surface area contributed by atoms with Crippen LogP contribution in [0.25, 0.3) is 0 Å². The Morgan fingerprint density at radius 2 is 1.76 bits per heavy atom. The SMILES string of the molecule is COCc1csc(NC(=O)c2cc(Oc3ccc(S(C)(=O)=O)cc3)cc(O[C@@H](C)COC)c2)n1. The Kier molecular flexibility index (Phi) is 8.61. The third-order valence-corrected chi connectivity index (χ3v) is 6.37. The van der Waals surface area contributed by atoms with Gasteiger partial charge in [0.15, 0.2) is 15.0 Å². The van der Waals surface area contributed by atoms with E-state index in [0.29, 0.717) is 41.2 Å². The molecular formula is C23H26N2O7S2. The quantitative estimate of drug-likeness (QED) is 0.413. The number of anilines is 1. The number of methoxy groups -OCH3 is 2. The zero-order valence-corrected chi connectivity index (χ0v) is 20.9. The van der Waals surface area contributed by atoms with Gasteiger partial charge in [-0.1, -0.05) is 0 Å². The first-order chi connectivity index (χ1) is 16.2. The molecule has 1 aromatic heterocycles. The second kappa shape index (κ2) is 11.4. The van der Waals surface area contributed by atoms with Crippen molar-refractivity contribution in [3.63, 3.8) is 0 Å². The van der Waals surface area contributed by atoms with Gasteiger partial charge >= 0.3 is 0 Å². The van der Waals surface area contributed by atoms with Gasteiger partial charge in [-0.2, -0.15) is 0 Å². The molecule has 1 heterocycles. The number of thiazole rings is 1. The lowest BCUT2D eigenvalue weighted by Gasteiger charge is -2.16. The maximum atomic E-state index is 12.9. The third kappa shape index (κ3) is 7.26. The highest BCUT2D eigenvalue weighted by Crippen LogP contribution is 2.29. The number of ether oxygens (including phenoxy) is 4. The summed E-state index contributed by atoms with van der Waals surface area (Å²) in [7, 11) is -0.174. The number of sulfone groups is 1. The monoisotopic (exact) mass is 506 g/mol. The lowest BCUT2D eigenvalue weighted by molar-refractivity contribution is 0.0916. The maximum absolute atomic E-state index is 12.9. The Bertz CT molecular complexity index is 1220. The van der Waals surface area contributed by atoms with Gasteiger partial charge in [0.05, 0.1) is 23.8 Å². The Labute approximate surface area is 202 Å². The summed E-state index contributed by atoms with van der Waals surface area (Å²) in [4.78, 5) is 17.4. The molecule has 34 heavy (non-hydrogen) atoms. The van der Waals surface area contributed by atoms with Crippen LogP contribution in [0.5, 0.6) is 17.2 Å². The molecule has 0 aliphatic heterocycles. The number of rotatable bonds is 11. The van der Waals surface area contributed by atoms with Crippen LogP contribution in [0.15, 0.2) is 52.7 Å². The van der Waals surface area contributed by atoms with Gasteiger partial charge in [0.1, 0.15) is 23.4 Å². The normalized spacial score (nSPS) is 12.2. The van der Waals surface area contributed by atoms with E-state index in [1.54, 1.807) is 49.9 Å². The molecule has 0 saturated carbocycles. The van der Waals surface area contributed by atoms with Crippen LogP contribution >= 0.6 is 11.3 Å². The van der Waals surface area contributed by atoms with Crippen LogP contribution in [0, 0.1) is 0 Å². The number of hydrogen-bond acceptors (Lipinski definition) is 9. The van der Waals surface area contributed by atoms with Crippen molar-refractivity contribution < 1.29 is 32.2 Å². The van der Waals surface area contributed by atoms with Crippen LogP contribution in [-0.2, 0) is 25.9 Å². The fourth-order valence-electron chi connectivity index (χ4n) is 2.97. The van der Waals surface area contributed by atoms with Crippen molar-refractivity contribution in [2.75, 3.05) is 32.4 Å². The number of carbonyl (C=O) groups excluding carboxylic acids is 1. The largest absolute Gasteiger partial charge is 0.488 e. The van der Waals surface area contributed by atoms with E-state index in [-0.39, 0.29) is 16.9 Å². The zero-order chi connectivity index (χ0) is 24.7. The molecule has 0 unspecified atom stereocenters. The summed E-state index contributed by atoms with van der Waals surface area (Å²) in [6.45, 7) is 2.55. The van der Waals surface area contributed by atoms with Crippen LogP contribution in [-0.4, -0.2) is 52.5 Å². The van der Waals surface area contributed by atoms with Gasteiger partial charge < -0.3 is 18.9 Å². The molecule has 0 spiro atoms. The molecule has 3 aromatic rings. The van der Waals surface area contributed by atoms with Gasteiger partial charge in [0.2, 0.25) is 0 Å². The van der Waals surface area contributed by atoms with Gasteiger partial charge in [-0.05, 0) is 43.3 Å². The zero-order valence-electron chi connectivity index (χ0n) is 19.2. The van der Waals surface area contributed by atoms with Crippen molar-refractivity contribution in [2.24, 2.45) is 0 Å². The van der Waals surface area contributed by atoms with Crippen LogP contribution in [0.2, 0.25) is 0 Å². The smallest absolute Gasteiger partial charge is 0.257 e. The van der Waals surface area contributed by atoms with E-state index >= 15 is 0 Å². The highest BCUT2D eigenvalue weighted by atomic mass is 32.2. The number of aromatic nitrogens is 1. The molecule has 1 amide bonds. The minimum absolute atomic E-state index is 0.182. The summed E-state index contributed by atoms with van der Waals surface area (Å²) < 4.78 is 45.3. The summed E-state index contributed by atoms with van der Waals surface area (Å²) in [5.41, 5.74) is 1.02.